The van der Waals surface area contributed by atoms with Gasteiger partial charge in [0.15, 0.2) is 0 Å². The number of amides is 1. The Balaban J connectivity index is 2.02. The minimum atomic E-state index is -0.339. The predicted molar refractivity (Wildman–Crippen MR) is 100 cm³/mol. The van der Waals surface area contributed by atoms with E-state index in [1.807, 2.05) is 0 Å². The first-order chi connectivity index (χ1) is 12.5. The number of fused-ring (bicyclic) bond motifs is 1. The van der Waals surface area contributed by atoms with Crippen molar-refractivity contribution in [3.63, 3.8) is 0 Å². The van der Waals surface area contributed by atoms with Crippen molar-refractivity contribution in [3.8, 4) is 17.2 Å². The number of nitrogens with one attached hydrogen (secondary N) is 1. The Morgan fingerprint density at radius 1 is 1.04 bits per heavy atom. The van der Waals surface area contributed by atoms with E-state index in [1.165, 1.54) is 14.2 Å². The summed E-state index contributed by atoms with van der Waals surface area (Å²) in [5.41, 5.74) is 1.46. The number of benzene rings is 2. The van der Waals surface area contributed by atoms with Crippen molar-refractivity contribution >= 4 is 34.2 Å². The number of hydrogen-bond donors (Lipinski definition) is 1. The highest BCUT2D eigenvalue weighted by Gasteiger charge is 2.21. The van der Waals surface area contributed by atoms with Gasteiger partial charge in [-0.15, -0.1) is 0 Å². The second-order valence-electron chi connectivity index (χ2n) is 5.54. The zero-order chi connectivity index (χ0) is 18.8. The number of anilines is 1. The number of hydrogen-bond acceptors (Lipinski definition) is 5. The summed E-state index contributed by atoms with van der Waals surface area (Å²) in [6.45, 7) is 1.74. The monoisotopic (exact) mass is 375 g/mol. The maximum atomic E-state index is 12.9. The topological polar surface area (TPSA) is 69.9 Å². The lowest BCUT2D eigenvalue weighted by atomic mass is 10.1. The van der Waals surface area contributed by atoms with E-state index in [1.54, 1.807) is 44.4 Å². The molecule has 3 rings (SSSR count). The normalized spacial score (nSPS) is 10.7. The minimum Gasteiger partial charge on any atom is -0.497 e. The van der Waals surface area contributed by atoms with Crippen LogP contribution in [-0.2, 0) is 0 Å². The summed E-state index contributed by atoms with van der Waals surface area (Å²) in [6.07, 6.45) is 0. The molecule has 0 bridgehead atoms. The standard InChI is InChI=1S/C19H18ClNO5/c1-10-18(12-7-11(23-2)5-6-15(12)26-10)19(22)21-14-8-13(20)16(24-3)9-17(14)25-4/h5-9H,1-4H3,(H,21,22). The highest BCUT2D eigenvalue weighted by atomic mass is 35.5. The van der Waals surface area contributed by atoms with Gasteiger partial charge in [-0.2, -0.15) is 0 Å². The third kappa shape index (κ3) is 3.15. The van der Waals surface area contributed by atoms with Gasteiger partial charge in [-0.25, -0.2) is 0 Å². The molecule has 0 atom stereocenters. The van der Waals surface area contributed by atoms with Gasteiger partial charge in [0.25, 0.3) is 5.91 Å². The van der Waals surface area contributed by atoms with Crippen LogP contribution in [0, 0.1) is 6.92 Å². The lowest BCUT2D eigenvalue weighted by Crippen LogP contribution is -2.13. The van der Waals surface area contributed by atoms with Crippen molar-refractivity contribution in [1.29, 1.82) is 0 Å². The third-order valence-corrected chi connectivity index (χ3v) is 4.32. The number of ether oxygens (including phenoxy) is 3. The summed E-state index contributed by atoms with van der Waals surface area (Å²) in [6, 6.07) is 8.50. The summed E-state index contributed by atoms with van der Waals surface area (Å²) in [7, 11) is 4.58. The lowest BCUT2D eigenvalue weighted by Gasteiger charge is -2.13. The number of halogens is 1. The molecule has 6 nitrogen and oxygen atoms in total. The van der Waals surface area contributed by atoms with Gasteiger partial charge in [-0.1, -0.05) is 11.6 Å². The second kappa shape index (κ2) is 7.17. The number of carbonyl (C=O) groups excluding carboxylic acids is 1. The zero-order valence-electron chi connectivity index (χ0n) is 14.8. The maximum Gasteiger partial charge on any atom is 0.259 e. The van der Waals surface area contributed by atoms with Gasteiger partial charge >= 0.3 is 0 Å². The van der Waals surface area contributed by atoms with E-state index in [2.05, 4.69) is 5.32 Å². The Kier molecular flexibility index (Phi) is 4.95. The number of rotatable bonds is 5. The molecule has 0 saturated heterocycles. The molecule has 0 aliphatic heterocycles. The van der Waals surface area contributed by atoms with Crippen molar-refractivity contribution in [2.24, 2.45) is 0 Å². The van der Waals surface area contributed by atoms with Crippen molar-refractivity contribution in [1.82, 2.24) is 0 Å². The van der Waals surface area contributed by atoms with E-state index in [4.69, 9.17) is 30.2 Å². The summed E-state index contributed by atoms with van der Waals surface area (Å²) in [5, 5.41) is 3.85. The molecule has 0 radical (unpaired) electrons. The fraction of sp³-hybridized carbons (Fsp3) is 0.211. The second-order valence-corrected chi connectivity index (χ2v) is 5.94. The van der Waals surface area contributed by atoms with Crippen molar-refractivity contribution in [2.75, 3.05) is 26.6 Å². The third-order valence-electron chi connectivity index (χ3n) is 4.02. The smallest absolute Gasteiger partial charge is 0.259 e. The average molecular weight is 376 g/mol. The highest BCUT2D eigenvalue weighted by Crippen LogP contribution is 2.37. The van der Waals surface area contributed by atoms with Crippen LogP contribution in [-0.4, -0.2) is 27.2 Å². The summed E-state index contributed by atoms with van der Waals surface area (Å²) in [4.78, 5) is 12.9. The van der Waals surface area contributed by atoms with E-state index in [-0.39, 0.29) is 5.91 Å². The molecule has 1 amide bonds. The van der Waals surface area contributed by atoms with Crippen LogP contribution in [0.15, 0.2) is 34.7 Å². The zero-order valence-corrected chi connectivity index (χ0v) is 15.6. The largest absolute Gasteiger partial charge is 0.497 e. The van der Waals surface area contributed by atoms with E-state index in [0.717, 1.165) is 0 Å². The Hall–Kier alpha value is -2.86. The molecule has 26 heavy (non-hydrogen) atoms. The Bertz CT molecular complexity index is 980. The van der Waals surface area contributed by atoms with E-state index in [0.29, 0.717) is 50.3 Å². The van der Waals surface area contributed by atoms with Crippen LogP contribution in [0.4, 0.5) is 5.69 Å². The molecule has 1 aromatic heterocycles. The molecule has 0 spiro atoms. The molecule has 0 fully saturated rings. The predicted octanol–water partition coefficient (Wildman–Crippen LogP) is 4.67. The SMILES string of the molecule is COc1ccc2oc(C)c(C(=O)Nc3cc(Cl)c(OC)cc3OC)c2c1. The molecule has 3 aromatic rings. The number of aryl methyl sites for hydroxylation is 1. The highest BCUT2D eigenvalue weighted by molar-refractivity contribution is 6.32. The molecule has 0 unspecified atom stereocenters. The lowest BCUT2D eigenvalue weighted by molar-refractivity contribution is 0.102. The van der Waals surface area contributed by atoms with Crippen LogP contribution < -0.4 is 19.5 Å². The fourth-order valence-electron chi connectivity index (χ4n) is 2.75. The van der Waals surface area contributed by atoms with Gasteiger partial charge < -0.3 is 23.9 Å². The Morgan fingerprint density at radius 2 is 1.77 bits per heavy atom. The number of carbonyl (C=O) groups is 1. The minimum absolute atomic E-state index is 0.339. The molecular formula is C19H18ClNO5. The van der Waals surface area contributed by atoms with Crippen LogP contribution in [0.25, 0.3) is 11.0 Å². The first-order valence-electron chi connectivity index (χ1n) is 7.78. The van der Waals surface area contributed by atoms with Crippen LogP contribution in [0.2, 0.25) is 5.02 Å². The summed E-state index contributed by atoms with van der Waals surface area (Å²) >= 11 is 6.17. The van der Waals surface area contributed by atoms with Crippen LogP contribution in [0.3, 0.4) is 0 Å². The van der Waals surface area contributed by atoms with Crippen LogP contribution >= 0.6 is 11.6 Å². The van der Waals surface area contributed by atoms with Crippen LogP contribution in [0.5, 0.6) is 17.2 Å². The average Bonchev–Trinajstić information content (AvgIpc) is 2.96. The molecular weight excluding hydrogens is 358 g/mol. The van der Waals surface area contributed by atoms with E-state index in [9.17, 15) is 4.79 Å². The summed E-state index contributed by atoms with van der Waals surface area (Å²) < 4.78 is 21.4. The molecule has 0 aliphatic rings. The molecule has 1 N–H and O–H groups in total. The molecule has 0 saturated carbocycles. The quantitative estimate of drug-likeness (QED) is 0.701. The van der Waals surface area contributed by atoms with E-state index < -0.39 is 0 Å². The molecule has 136 valence electrons. The van der Waals surface area contributed by atoms with Gasteiger partial charge in [0.1, 0.15) is 28.6 Å². The van der Waals surface area contributed by atoms with Gasteiger partial charge in [0, 0.05) is 11.5 Å². The van der Waals surface area contributed by atoms with Crippen molar-refractivity contribution < 1.29 is 23.4 Å². The first-order valence-corrected chi connectivity index (χ1v) is 8.16. The maximum absolute atomic E-state index is 12.9. The van der Waals surface area contributed by atoms with Crippen molar-refractivity contribution in [2.45, 2.75) is 6.92 Å². The first kappa shape index (κ1) is 17.9. The van der Waals surface area contributed by atoms with Crippen molar-refractivity contribution in [3.05, 3.63) is 46.7 Å². The molecule has 7 heteroatoms. The number of furan rings is 1. The molecule has 0 aliphatic carbocycles. The van der Waals surface area contributed by atoms with Crippen LogP contribution in [0.1, 0.15) is 16.1 Å². The Morgan fingerprint density at radius 3 is 2.42 bits per heavy atom. The summed E-state index contributed by atoms with van der Waals surface area (Å²) in [5.74, 6) is 1.69. The molecule has 1 heterocycles. The number of methoxy groups -OCH3 is 3. The molecule has 2 aromatic carbocycles. The van der Waals surface area contributed by atoms with Gasteiger partial charge in [-0.05, 0) is 31.2 Å². The van der Waals surface area contributed by atoms with E-state index >= 15 is 0 Å². The van der Waals surface area contributed by atoms with Gasteiger partial charge in [0.05, 0.1) is 37.6 Å². The Labute approximate surface area is 155 Å². The van der Waals surface area contributed by atoms with Gasteiger partial charge in [-0.3, -0.25) is 4.79 Å². The fourth-order valence-corrected chi connectivity index (χ4v) is 2.99. The van der Waals surface area contributed by atoms with Gasteiger partial charge in [0.2, 0.25) is 0 Å².